The number of carbonyl (C=O) groups is 1. The number of amides is 1. The van der Waals surface area contributed by atoms with Crippen LogP contribution in [0.15, 0.2) is 22.7 Å². The number of ether oxygens (including phenoxy) is 2. The van der Waals surface area contributed by atoms with E-state index in [1.165, 1.54) is 18.2 Å². The molecule has 1 aromatic rings. The van der Waals surface area contributed by atoms with Gasteiger partial charge in [-0.05, 0) is 48.0 Å². The molecule has 1 rings (SSSR count). The Balaban J connectivity index is 2.56. The lowest BCUT2D eigenvalue weighted by molar-refractivity contribution is -0.131. The van der Waals surface area contributed by atoms with E-state index in [2.05, 4.69) is 21.2 Å². The third-order valence-electron chi connectivity index (χ3n) is 2.32. The minimum atomic E-state index is -0.470. The highest BCUT2D eigenvalue weighted by atomic mass is 79.9. The summed E-state index contributed by atoms with van der Waals surface area (Å²) in [6.07, 6.45) is -0.470. The summed E-state index contributed by atoms with van der Waals surface area (Å²) in [4.78, 5) is 11.9. The quantitative estimate of drug-likeness (QED) is 0.780. The van der Waals surface area contributed by atoms with E-state index < -0.39 is 12.1 Å². The highest BCUT2D eigenvalue weighted by molar-refractivity contribution is 9.10. The number of nitrogens with one attached hydrogen (secondary N) is 1. The molecule has 0 aliphatic carbocycles. The normalized spacial score (nSPS) is 10.8. The van der Waals surface area contributed by atoms with Crippen LogP contribution in [-0.4, -0.2) is 32.0 Å². The number of hydrogen-bond donors (Lipinski definition) is 1. The zero-order valence-electron chi connectivity index (χ0n) is 10.9. The Morgan fingerprint density at radius 3 is 2.53 bits per heavy atom. The number of hydrogen-bond acceptors (Lipinski definition) is 3. The summed E-state index contributed by atoms with van der Waals surface area (Å²) >= 11 is 3.04. The summed E-state index contributed by atoms with van der Waals surface area (Å²) in [5.41, 5.74) is 0.375. The lowest BCUT2D eigenvalue weighted by Gasteiger charge is -2.17. The molecule has 0 unspecified atom stereocenters. The van der Waals surface area contributed by atoms with Crippen molar-refractivity contribution in [2.45, 2.75) is 20.1 Å². The molecule has 6 heteroatoms. The van der Waals surface area contributed by atoms with E-state index in [0.717, 1.165) is 0 Å². The maximum Gasteiger partial charge on any atom is 0.251 e. The van der Waals surface area contributed by atoms with Crippen LogP contribution in [-0.2, 0) is 9.47 Å². The van der Waals surface area contributed by atoms with Crippen LogP contribution in [0.1, 0.15) is 24.2 Å². The maximum atomic E-state index is 13.1. The van der Waals surface area contributed by atoms with E-state index in [0.29, 0.717) is 18.8 Å². The molecular formula is C13H17BrFNO3. The number of rotatable bonds is 7. The maximum absolute atomic E-state index is 13.1. The second-order valence-electron chi connectivity index (χ2n) is 3.68. The highest BCUT2D eigenvalue weighted by Crippen LogP contribution is 2.16. The molecule has 0 saturated carbocycles. The molecular weight excluding hydrogens is 317 g/mol. The molecule has 1 aromatic carbocycles. The second kappa shape index (κ2) is 8.24. The van der Waals surface area contributed by atoms with Crippen LogP contribution >= 0.6 is 15.9 Å². The Labute approximate surface area is 120 Å². The molecule has 0 radical (unpaired) electrons. The summed E-state index contributed by atoms with van der Waals surface area (Å²) in [7, 11) is 0. The van der Waals surface area contributed by atoms with E-state index in [1.807, 2.05) is 13.8 Å². The van der Waals surface area contributed by atoms with Crippen LogP contribution in [0.4, 0.5) is 4.39 Å². The van der Waals surface area contributed by atoms with Crippen molar-refractivity contribution in [3.8, 4) is 0 Å². The monoisotopic (exact) mass is 333 g/mol. The fourth-order valence-electron chi connectivity index (χ4n) is 1.45. The minimum Gasteiger partial charge on any atom is -0.351 e. The predicted molar refractivity (Wildman–Crippen MR) is 73.5 cm³/mol. The van der Waals surface area contributed by atoms with E-state index in [1.54, 1.807) is 0 Å². The van der Waals surface area contributed by atoms with E-state index in [4.69, 9.17) is 9.47 Å². The first-order valence-corrected chi connectivity index (χ1v) is 6.84. The van der Waals surface area contributed by atoms with E-state index >= 15 is 0 Å². The van der Waals surface area contributed by atoms with E-state index in [9.17, 15) is 9.18 Å². The molecule has 1 N–H and O–H groups in total. The van der Waals surface area contributed by atoms with Crippen LogP contribution in [0.3, 0.4) is 0 Å². The van der Waals surface area contributed by atoms with Crippen molar-refractivity contribution in [1.29, 1.82) is 0 Å². The van der Waals surface area contributed by atoms with Gasteiger partial charge in [0, 0.05) is 18.8 Å². The van der Waals surface area contributed by atoms with Gasteiger partial charge < -0.3 is 14.8 Å². The first-order valence-electron chi connectivity index (χ1n) is 6.04. The summed E-state index contributed by atoms with van der Waals surface area (Å²) in [6, 6.07) is 4.09. The number of halogens is 2. The topological polar surface area (TPSA) is 47.6 Å². The Morgan fingerprint density at radius 2 is 2.00 bits per heavy atom. The summed E-state index contributed by atoms with van der Waals surface area (Å²) in [5, 5.41) is 2.68. The second-order valence-corrected chi connectivity index (χ2v) is 4.53. The molecule has 0 atom stereocenters. The average molecular weight is 334 g/mol. The van der Waals surface area contributed by atoms with Crippen LogP contribution in [0.2, 0.25) is 0 Å². The molecule has 0 aliphatic heterocycles. The lowest BCUT2D eigenvalue weighted by atomic mass is 10.2. The molecule has 4 nitrogen and oxygen atoms in total. The standard InChI is InChI=1S/C13H17BrFNO3/c1-3-18-12(19-4-2)8-16-13(17)9-5-6-11(15)10(14)7-9/h5-7,12H,3-4,8H2,1-2H3,(H,16,17). The van der Waals surface area contributed by atoms with Crippen LogP contribution in [0.5, 0.6) is 0 Å². The smallest absolute Gasteiger partial charge is 0.251 e. The van der Waals surface area contributed by atoms with Gasteiger partial charge in [0.2, 0.25) is 0 Å². The van der Waals surface area contributed by atoms with Crippen LogP contribution < -0.4 is 5.32 Å². The Hall–Kier alpha value is -0.980. The molecule has 0 saturated heterocycles. The molecule has 0 bridgehead atoms. The van der Waals surface area contributed by atoms with Crippen molar-refractivity contribution in [2.75, 3.05) is 19.8 Å². The van der Waals surface area contributed by atoms with Gasteiger partial charge in [0.25, 0.3) is 5.91 Å². The molecule has 0 heterocycles. The fourth-order valence-corrected chi connectivity index (χ4v) is 1.83. The van der Waals surface area contributed by atoms with Gasteiger partial charge in [-0.25, -0.2) is 4.39 Å². The van der Waals surface area contributed by atoms with Crippen molar-refractivity contribution in [1.82, 2.24) is 5.32 Å². The van der Waals surface area contributed by atoms with Crippen molar-refractivity contribution < 1.29 is 18.7 Å². The molecule has 106 valence electrons. The van der Waals surface area contributed by atoms with Crippen molar-refractivity contribution in [3.63, 3.8) is 0 Å². The Bertz CT molecular complexity index is 422. The molecule has 19 heavy (non-hydrogen) atoms. The summed E-state index contributed by atoms with van der Waals surface area (Å²) in [6.45, 7) is 4.95. The van der Waals surface area contributed by atoms with Gasteiger partial charge in [0.05, 0.1) is 11.0 Å². The van der Waals surface area contributed by atoms with Gasteiger partial charge in [-0.15, -0.1) is 0 Å². The van der Waals surface area contributed by atoms with Crippen molar-refractivity contribution in [3.05, 3.63) is 34.1 Å². The molecule has 0 aliphatic rings. The first kappa shape index (κ1) is 16.1. The third-order valence-corrected chi connectivity index (χ3v) is 2.92. The highest BCUT2D eigenvalue weighted by Gasteiger charge is 2.12. The SMILES string of the molecule is CCOC(CNC(=O)c1ccc(F)c(Br)c1)OCC. The van der Waals surface area contributed by atoms with Gasteiger partial charge >= 0.3 is 0 Å². The fraction of sp³-hybridized carbons (Fsp3) is 0.462. The van der Waals surface area contributed by atoms with Crippen LogP contribution in [0, 0.1) is 5.82 Å². The van der Waals surface area contributed by atoms with Crippen LogP contribution in [0.25, 0.3) is 0 Å². The summed E-state index contributed by atoms with van der Waals surface area (Å²) in [5.74, 6) is -0.705. The Morgan fingerprint density at radius 1 is 1.37 bits per heavy atom. The third kappa shape index (κ3) is 5.26. The average Bonchev–Trinajstić information content (AvgIpc) is 2.39. The molecule has 0 aromatic heterocycles. The largest absolute Gasteiger partial charge is 0.351 e. The van der Waals surface area contributed by atoms with Gasteiger partial charge in [0.1, 0.15) is 5.82 Å². The van der Waals surface area contributed by atoms with Gasteiger partial charge in [0.15, 0.2) is 6.29 Å². The van der Waals surface area contributed by atoms with Gasteiger partial charge in [-0.2, -0.15) is 0 Å². The Kier molecular flexibility index (Phi) is 6.97. The zero-order chi connectivity index (χ0) is 14.3. The minimum absolute atomic E-state index is 0.246. The van der Waals surface area contributed by atoms with Crippen molar-refractivity contribution in [2.24, 2.45) is 0 Å². The molecule has 0 fully saturated rings. The van der Waals surface area contributed by atoms with Gasteiger partial charge in [-0.1, -0.05) is 0 Å². The zero-order valence-corrected chi connectivity index (χ0v) is 12.5. The lowest BCUT2D eigenvalue weighted by Crippen LogP contribution is -2.35. The first-order chi connectivity index (χ1) is 9.08. The number of benzene rings is 1. The van der Waals surface area contributed by atoms with Crippen molar-refractivity contribution >= 4 is 21.8 Å². The molecule has 0 spiro atoms. The summed E-state index contributed by atoms with van der Waals surface area (Å²) < 4.78 is 23.9. The number of carbonyl (C=O) groups excluding carboxylic acids is 1. The molecule has 1 amide bonds. The predicted octanol–water partition coefficient (Wildman–Crippen LogP) is 2.72. The van der Waals surface area contributed by atoms with Gasteiger partial charge in [-0.3, -0.25) is 4.79 Å². The van der Waals surface area contributed by atoms with E-state index in [-0.39, 0.29) is 16.9 Å².